The summed E-state index contributed by atoms with van der Waals surface area (Å²) in [6.07, 6.45) is 3.24. The largest absolute Gasteiger partial charge is 0.469 e. The Bertz CT molecular complexity index is 585. The highest BCUT2D eigenvalue weighted by atomic mass is 35.5. The van der Waals surface area contributed by atoms with Crippen molar-refractivity contribution < 1.29 is 14.3 Å². The zero-order chi connectivity index (χ0) is 17.4. The van der Waals surface area contributed by atoms with Crippen molar-refractivity contribution in [2.45, 2.75) is 20.3 Å². The quantitative estimate of drug-likeness (QED) is 0.546. The fraction of sp³-hybridized carbons (Fsp3) is 0.412. The van der Waals surface area contributed by atoms with Crippen LogP contribution in [0.1, 0.15) is 25.8 Å². The second-order valence-corrected chi connectivity index (χ2v) is 6.27. The molecule has 6 heteroatoms. The normalized spacial score (nSPS) is 11.0. The molecule has 0 spiro atoms. The third-order valence-electron chi connectivity index (χ3n) is 3.10. The fourth-order valence-corrected chi connectivity index (χ4v) is 2.35. The van der Waals surface area contributed by atoms with Crippen molar-refractivity contribution >= 4 is 41.2 Å². The van der Waals surface area contributed by atoms with Gasteiger partial charge < -0.3 is 9.64 Å². The first-order chi connectivity index (χ1) is 10.8. The molecule has 0 saturated carbocycles. The fourth-order valence-electron chi connectivity index (χ4n) is 1.98. The smallest absolute Gasteiger partial charge is 0.307 e. The second kappa shape index (κ2) is 9.58. The molecule has 0 saturated heterocycles. The highest BCUT2D eigenvalue weighted by Gasteiger charge is 2.14. The molecular weight excluding hydrogens is 337 g/mol. The van der Waals surface area contributed by atoms with Crippen LogP contribution in [0.25, 0.3) is 6.08 Å². The van der Waals surface area contributed by atoms with Crippen molar-refractivity contribution in [3.8, 4) is 0 Å². The maximum Gasteiger partial charge on any atom is 0.307 e. The van der Waals surface area contributed by atoms with Crippen LogP contribution >= 0.6 is 23.2 Å². The van der Waals surface area contributed by atoms with Crippen molar-refractivity contribution in [3.05, 3.63) is 39.9 Å². The van der Waals surface area contributed by atoms with Gasteiger partial charge >= 0.3 is 5.97 Å². The van der Waals surface area contributed by atoms with Gasteiger partial charge in [-0.3, -0.25) is 9.59 Å². The molecule has 0 aliphatic carbocycles. The van der Waals surface area contributed by atoms with E-state index in [1.54, 1.807) is 29.2 Å². The number of hydrogen-bond donors (Lipinski definition) is 0. The van der Waals surface area contributed by atoms with Crippen LogP contribution in [0.15, 0.2) is 24.3 Å². The van der Waals surface area contributed by atoms with Gasteiger partial charge in [0.15, 0.2) is 0 Å². The van der Waals surface area contributed by atoms with Crippen molar-refractivity contribution in [1.82, 2.24) is 4.90 Å². The number of benzene rings is 1. The Hall–Kier alpha value is -1.52. The van der Waals surface area contributed by atoms with Crippen LogP contribution in [0.5, 0.6) is 0 Å². The first kappa shape index (κ1) is 19.5. The second-order valence-electron chi connectivity index (χ2n) is 5.48. The summed E-state index contributed by atoms with van der Waals surface area (Å²) < 4.78 is 4.62. The average molecular weight is 358 g/mol. The van der Waals surface area contributed by atoms with Crippen molar-refractivity contribution in [1.29, 1.82) is 0 Å². The van der Waals surface area contributed by atoms with Gasteiger partial charge in [0.1, 0.15) is 0 Å². The Kier molecular flexibility index (Phi) is 8.13. The molecule has 0 N–H and O–H groups in total. The molecule has 0 aliphatic heterocycles. The summed E-state index contributed by atoms with van der Waals surface area (Å²) >= 11 is 12.0. The monoisotopic (exact) mass is 357 g/mol. The molecular formula is C17H21Cl2NO3. The van der Waals surface area contributed by atoms with Crippen LogP contribution < -0.4 is 0 Å². The SMILES string of the molecule is COC(=O)CCN(CC(C)C)C(=O)/C=C/c1cccc(Cl)c1Cl. The predicted molar refractivity (Wildman–Crippen MR) is 93.5 cm³/mol. The van der Waals surface area contributed by atoms with E-state index in [4.69, 9.17) is 23.2 Å². The lowest BCUT2D eigenvalue weighted by Crippen LogP contribution is -2.34. The molecule has 0 heterocycles. The highest BCUT2D eigenvalue weighted by molar-refractivity contribution is 6.42. The number of amides is 1. The summed E-state index contributed by atoms with van der Waals surface area (Å²) in [5, 5.41) is 0.842. The van der Waals surface area contributed by atoms with Gasteiger partial charge in [-0.25, -0.2) is 0 Å². The van der Waals surface area contributed by atoms with Gasteiger partial charge in [-0.2, -0.15) is 0 Å². The van der Waals surface area contributed by atoms with E-state index in [1.165, 1.54) is 13.2 Å². The number of rotatable bonds is 7. The highest BCUT2D eigenvalue weighted by Crippen LogP contribution is 2.26. The molecule has 4 nitrogen and oxygen atoms in total. The van der Waals surface area contributed by atoms with E-state index in [0.717, 1.165) is 0 Å². The lowest BCUT2D eigenvalue weighted by molar-refractivity contribution is -0.141. The Morgan fingerprint density at radius 2 is 2.00 bits per heavy atom. The molecule has 126 valence electrons. The number of halogens is 2. The Labute approximate surface area is 147 Å². The number of hydrogen-bond acceptors (Lipinski definition) is 3. The zero-order valence-electron chi connectivity index (χ0n) is 13.5. The molecule has 0 radical (unpaired) electrons. The van der Waals surface area contributed by atoms with Crippen molar-refractivity contribution in [3.63, 3.8) is 0 Å². The number of ether oxygens (including phenoxy) is 1. The van der Waals surface area contributed by atoms with E-state index in [0.29, 0.717) is 34.6 Å². The maximum atomic E-state index is 12.4. The standard InChI is InChI=1S/C17H21Cl2NO3/c1-12(2)11-20(10-9-16(22)23-3)15(21)8-7-13-5-4-6-14(18)17(13)19/h4-8,12H,9-11H2,1-3H3/b8-7+. The first-order valence-corrected chi connectivity index (χ1v) is 8.08. The van der Waals surface area contributed by atoms with E-state index < -0.39 is 0 Å². The first-order valence-electron chi connectivity index (χ1n) is 7.33. The lowest BCUT2D eigenvalue weighted by Gasteiger charge is -2.22. The van der Waals surface area contributed by atoms with Crippen molar-refractivity contribution in [2.75, 3.05) is 20.2 Å². The minimum absolute atomic E-state index is 0.167. The number of esters is 1. The molecule has 1 amide bonds. The summed E-state index contributed by atoms with van der Waals surface area (Å²) in [4.78, 5) is 25.3. The summed E-state index contributed by atoms with van der Waals surface area (Å²) in [6.45, 7) is 4.90. The zero-order valence-corrected chi connectivity index (χ0v) is 15.0. The van der Waals surface area contributed by atoms with Gasteiger partial charge in [-0.05, 0) is 23.6 Å². The van der Waals surface area contributed by atoms with Gasteiger partial charge in [0.25, 0.3) is 0 Å². The van der Waals surface area contributed by atoms with Gasteiger partial charge in [0.05, 0.1) is 23.6 Å². The third-order valence-corrected chi connectivity index (χ3v) is 3.93. The summed E-state index contributed by atoms with van der Waals surface area (Å²) in [6, 6.07) is 5.23. The summed E-state index contributed by atoms with van der Waals surface area (Å²) in [5.41, 5.74) is 0.671. The van der Waals surface area contributed by atoms with Crippen LogP contribution in [-0.2, 0) is 14.3 Å². The molecule has 0 fully saturated rings. The molecule has 0 aromatic heterocycles. The maximum absolute atomic E-state index is 12.4. The average Bonchev–Trinajstić information content (AvgIpc) is 2.51. The number of carbonyl (C=O) groups excluding carboxylic acids is 2. The molecule has 0 atom stereocenters. The number of methoxy groups -OCH3 is 1. The van der Waals surface area contributed by atoms with Gasteiger partial charge in [0, 0.05) is 19.2 Å². The predicted octanol–water partition coefficient (Wildman–Crippen LogP) is 4.05. The lowest BCUT2D eigenvalue weighted by atomic mass is 10.1. The summed E-state index contributed by atoms with van der Waals surface area (Å²) in [7, 11) is 1.33. The number of carbonyl (C=O) groups is 2. The molecule has 0 unspecified atom stereocenters. The molecule has 0 aliphatic rings. The number of nitrogens with zero attached hydrogens (tertiary/aromatic N) is 1. The summed E-state index contributed by atoms with van der Waals surface area (Å²) in [5.74, 6) is -0.230. The van der Waals surface area contributed by atoms with Crippen LogP contribution in [0.4, 0.5) is 0 Å². The van der Waals surface area contributed by atoms with Crippen LogP contribution in [0.2, 0.25) is 10.0 Å². The molecule has 1 aromatic carbocycles. The Morgan fingerprint density at radius 1 is 1.30 bits per heavy atom. The minimum atomic E-state index is -0.339. The minimum Gasteiger partial charge on any atom is -0.469 e. The Morgan fingerprint density at radius 3 is 2.61 bits per heavy atom. The van der Waals surface area contributed by atoms with Gasteiger partial charge in [0.2, 0.25) is 5.91 Å². The van der Waals surface area contributed by atoms with Gasteiger partial charge in [-0.15, -0.1) is 0 Å². The third kappa shape index (κ3) is 6.63. The van der Waals surface area contributed by atoms with E-state index >= 15 is 0 Å². The molecule has 23 heavy (non-hydrogen) atoms. The van der Waals surface area contributed by atoms with Crippen LogP contribution in [-0.4, -0.2) is 37.0 Å². The molecule has 1 rings (SSSR count). The van der Waals surface area contributed by atoms with E-state index in [1.807, 2.05) is 13.8 Å². The van der Waals surface area contributed by atoms with Crippen molar-refractivity contribution in [2.24, 2.45) is 5.92 Å². The van der Waals surface area contributed by atoms with Gasteiger partial charge in [-0.1, -0.05) is 49.2 Å². The van der Waals surface area contributed by atoms with E-state index in [2.05, 4.69) is 4.74 Å². The van der Waals surface area contributed by atoms with Crippen LogP contribution in [0, 0.1) is 5.92 Å². The molecule has 0 bridgehead atoms. The Balaban J connectivity index is 2.81. The van der Waals surface area contributed by atoms with E-state index in [9.17, 15) is 9.59 Å². The van der Waals surface area contributed by atoms with E-state index in [-0.39, 0.29) is 18.3 Å². The molecule has 1 aromatic rings. The van der Waals surface area contributed by atoms with Crippen LogP contribution in [0.3, 0.4) is 0 Å². The topological polar surface area (TPSA) is 46.6 Å².